The van der Waals surface area contributed by atoms with Crippen LogP contribution in [0.25, 0.3) is 0 Å². The van der Waals surface area contributed by atoms with E-state index in [2.05, 4.69) is 34.2 Å². The first-order chi connectivity index (χ1) is 12.0. The molecule has 0 bridgehead atoms. The lowest BCUT2D eigenvalue weighted by Crippen LogP contribution is -2.45. The van der Waals surface area contributed by atoms with E-state index in [4.69, 9.17) is 4.52 Å². The number of likely N-dealkylation sites (tertiary alicyclic amines) is 2. The smallest absolute Gasteiger partial charge is 0.317 e. The molecule has 7 heteroatoms. The van der Waals surface area contributed by atoms with E-state index in [1.54, 1.807) is 0 Å². The highest BCUT2D eigenvalue weighted by molar-refractivity contribution is 5.74. The Bertz CT molecular complexity index is 566. The fraction of sp³-hybridized carbons (Fsp3) is 0.833. The predicted octanol–water partition coefficient (Wildman–Crippen LogP) is 2.24. The number of nitrogens with zero attached hydrogens (tertiary/aromatic N) is 4. The van der Waals surface area contributed by atoms with E-state index in [1.165, 1.54) is 6.42 Å². The standard InChI is InChI=1S/C18H31N5O2/c1-13(2)11-22-7-4-15(12-22)10-19-18(24)23-8-5-16(6-9-23)17-20-14(3)21-25-17/h13,15-16H,4-12H2,1-3H3,(H,19,24). The van der Waals surface area contributed by atoms with Gasteiger partial charge in [0, 0.05) is 38.6 Å². The van der Waals surface area contributed by atoms with Crippen molar-refractivity contribution in [2.75, 3.05) is 39.3 Å². The third-order valence-electron chi connectivity index (χ3n) is 5.21. The molecule has 2 fully saturated rings. The summed E-state index contributed by atoms with van der Waals surface area (Å²) in [4.78, 5) is 21.2. The molecule has 2 aliphatic rings. The summed E-state index contributed by atoms with van der Waals surface area (Å²) in [6.45, 7) is 12.1. The first-order valence-corrected chi connectivity index (χ1v) is 9.56. The number of carbonyl (C=O) groups excluding carboxylic acids is 1. The highest BCUT2D eigenvalue weighted by Gasteiger charge is 2.28. The molecular formula is C18H31N5O2. The maximum absolute atomic E-state index is 12.4. The lowest BCUT2D eigenvalue weighted by molar-refractivity contribution is 0.173. The van der Waals surface area contributed by atoms with Crippen LogP contribution in [0, 0.1) is 18.8 Å². The molecule has 1 aromatic rings. The largest absolute Gasteiger partial charge is 0.339 e. The number of piperidine rings is 1. The molecule has 0 spiro atoms. The number of rotatable bonds is 5. The van der Waals surface area contributed by atoms with Crippen LogP contribution in [-0.2, 0) is 0 Å². The van der Waals surface area contributed by atoms with Gasteiger partial charge in [-0.25, -0.2) is 4.79 Å². The molecule has 0 saturated carbocycles. The van der Waals surface area contributed by atoms with Crippen molar-refractivity contribution in [3.05, 3.63) is 11.7 Å². The summed E-state index contributed by atoms with van der Waals surface area (Å²) >= 11 is 0. The molecule has 7 nitrogen and oxygen atoms in total. The van der Waals surface area contributed by atoms with E-state index >= 15 is 0 Å². The van der Waals surface area contributed by atoms with Gasteiger partial charge in [0.2, 0.25) is 5.89 Å². The summed E-state index contributed by atoms with van der Waals surface area (Å²) in [5.41, 5.74) is 0. The molecule has 2 saturated heterocycles. The van der Waals surface area contributed by atoms with Crippen LogP contribution >= 0.6 is 0 Å². The molecule has 2 amide bonds. The highest BCUT2D eigenvalue weighted by Crippen LogP contribution is 2.26. The number of nitrogens with one attached hydrogen (secondary N) is 1. The fourth-order valence-corrected chi connectivity index (χ4v) is 3.91. The zero-order chi connectivity index (χ0) is 17.8. The van der Waals surface area contributed by atoms with Gasteiger partial charge in [-0.3, -0.25) is 0 Å². The van der Waals surface area contributed by atoms with Gasteiger partial charge in [0.15, 0.2) is 5.82 Å². The Morgan fingerprint density at radius 2 is 2.04 bits per heavy atom. The molecule has 2 aliphatic heterocycles. The lowest BCUT2D eigenvalue weighted by atomic mass is 9.97. The van der Waals surface area contributed by atoms with Gasteiger partial charge in [0.25, 0.3) is 0 Å². The average Bonchev–Trinajstić information content (AvgIpc) is 3.21. The Labute approximate surface area is 150 Å². The lowest BCUT2D eigenvalue weighted by Gasteiger charge is -2.30. The quantitative estimate of drug-likeness (QED) is 0.882. The van der Waals surface area contributed by atoms with Crippen molar-refractivity contribution >= 4 is 6.03 Å². The van der Waals surface area contributed by atoms with E-state index in [-0.39, 0.29) is 11.9 Å². The van der Waals surface area contributed by atoms with Crippen molar-refractivity contribution in [2.45, 2.75) is 46.0 Å². The number of hydrogen-bond donors (Lipinski definition) is 1. The second-order valence-electron chi connectivity index (χ2n) is 7.94. The molecule has 1 aromatic heterocycles. The third-order valence-corrected chi connectivity index (χ3v) is 5.21. The average molecular weight is 349 g/mol. The molecular weight excluding hydrogens is 318 g/mol. The van der Waals surface area contributed by atoms with Gasteiger partial charge in [0.1, 0.15) is 0 Å². The second-order valence-corrected chi connectivity index (χ2v) is 7.94. The Hall–Kier alpha value is -1.63. The van der Waals surface area contributed by atoms with Gasteiger partial charge in [-0.15, -0.1) is 0 Å². The van der Waals surface area contributed by atoms with Crippen LogP contribution in [0.15, 0.2) is 4.52 Å². The van der Waals surface area contributed by atoms with Crippen molar-refractivity contribution in [3.8, 4) is 0 Å². The topological polar surface area (TPSA) is 74.5 Å². The van der Waals surface area contributed by atoms with Crippen molar-refractivity contribution in [3.63, 3.8) is 0 Å². The number of urea groups is 1. The van der Waals surface area contributed by atoms with Crippen LogP contribution in [-0.4, -0.2) is 65.2 Å². The van der Waals surface area contributed by atoms with Gasteiger partial charge in [0.05, 0.1) is 0 Å². The first kappa shape index (κ1) is 18.2. The zero-order valence-corrected chi connectivity index (χ0v) is 15.7. The Morgan fingerprint density at radius 1 is 1.28 bits per heavy atom. The second kappa shape index (κ2) is 8.17. The minimum atomic E-state index is 0.0717. The summed E-state index contributed by atoms with van der Waals surface area (Å²) < 4.78 is 5.27. The van der Waals surface area contributed by atoms with Crippen molar-refractivity contribution < 1.29 is 9.32 Å². The normalized spacial score (nSPS) is 22.7. The van der Waals surface area contributed by atoms with Crippen LogP contribution in [0.5, 0.6) is 0 Å². The predicted molar refractivity (Wildman–Crippen MR) is 95.4 cm³/mol. The molecule has 0 aromatic carbocycles. The SMILES string of the molecule is Cc1noc(C2CCN(C(=O)NCC3CCN(CC(C)C)C3)CC2)n1. The summed E-state index contributed by atoms with van der Waals surface area (Å²) in [7, 11) is 0. The minimum Gasteiger partial charge on any atom is -0.339 e. The zero-order valence-electron chi connectivity index (χ0n) is 15.7. The molecule has 3 heterocycles. The summed E-state index contributed by atoms with van der Waals surface area (Å²) in [5.74, 6) is 2.97. The summed E-state index contributed by atoms with van der Waals surface area (Å²) in [5, 5.41) is 7.00. The first-order valence-electron chi connectivity index (χ1n) is 9.56. The van der Waals surface area contributed by atoms with E-state index < -0.39 is 0 Å². The molecule has 0 aliphatic carbocycles. The van der Waals surface area contributed by atoms with Crippen LogP contribution in [0.2, 0.25) is 0 Å². The van der Waals surface area contributed by atoms with E-state index in [0.29, 0.717) is 23.6 Å². The van der Waals surface area contributed by atoms with Crippen LogP contribution in [0.1, 0.15) is 50.7 Å². The van der Waals surface area contributed by atoms with E-state index in [9.17, 15) is 4.79 Å². The molecule has 1 atom stereocenters. The monoisotopic (exact) mass is 349 g/mol. The van der Waals surface area contributed by atoms with Crippen LogP contribution in [0.3, 0.4) is 0 Å². The Balaban J connectivity index is 1.37. The van der Waals surface area contributed by atoms with Gasteiger partial charge in [-0.1, -0.05) is 19.0 Å². The van der Waals surface area contributed by atoms with E-state index in [1.807, 2.05) is 11.8 Å². The Morgan fingerprint density at radius 3 is 2.68 bits per heavy atom. The number of hydrogen-bond acceptors (Lipinski definition) is 5. The van der Waals surface area contributed by atoms with Crippen molar-refractivity contribution in [2.24, 2.45) is 11.8 Å². The maximum atomic E-state index is 12.4. The van der Waals surface area contributed by atoms with E-state index in [0.717, 1.165) is 52.1 Å². The fourth-order valence-electron chi connectivity index (χ4n) is 3.91. The minimum absolute atomic E-state index is 0.0717. The molecule has 1 N–H and O–H groups in total. The van der Waals surface area contributed by atoms with Gasteiger partial charge < -0.3 is 19.6 Å². The molecule has 0 radical (unpaired) electrons. The van der Waals surface area contributed by atoms with Gasteiger partial charge >= 0.3 is 6.03 Å². The molecule has 25 heavy (non-hydrogen) atoms. The number of carbonyl (C=O) groups is 1. The van der Waals surface area contributed by atoms with Crippen molar-refractivity contribution in [1.82, 2.24) is 25.3 Å². The number of aromatic nitrogens is 2. The number of amides is 2. The molecule has 1 unspecified atom stereocenters. The molecule has 140 valence electrons. The Kier molecular flexibility index (Phi) is 5.93. The third kappa shape index (κ3) is 4.93. The number of aryl methyl sites for hydroxylation is 1. The van der Waals surface area contributed by atoms with Crippen LogP contribution in [0.4, 0.5) is 4.79 Å². The van der Waals surface area contributed by atoms with Gasteiger partial charge in [-0.2, -0.15) is 4.98 Å². The maximum Gasteiger partial charge on any atom is 0.317 e. The van der Waals surface area contributed by atoms with Crippen LogP contribution < -0.4 is 5.32 Å². The van der Waals surface area contributed by atoms with Crippen molar-refractivity contribution in [1.29, 1.82) is 0 Å². The molecule has 3 rings (SSSR count). The summed E-state index contributed by atoms with van der Waals surface area (Å²) in [6.07, 6.45) is 2.97. The van der Waals surface area contributed by atoms with Gasteiger partial charge in [-0.05, 0) is 44.6 Å². The summed E-state index contributed by atoms with van der Waals surface area (Å²) in [6, 6.07) is 0.0717. The highest BCUT2D eigenvalue weighted by atomic mass is 16.5.